The molecule has 0 fully saturated rings. The molecule has 0 spiro atoms. The van der Waals surface area contributed by atoms with Crippen molar-refractivity contribution < 1.29 is 9.59 Å². The number of aromatic nitrogens is 1. The van der Waals surface area contributed by atoms with Crippen LogP contribution in [-0.2, 0) is 4.79 Å². The van der Waals surface area contributed by atoms with E-state index in [1.807, 2.05) is 60.7 Å². The van der Waals surface area contributed by atoms with E-state index in [2.05, 4.69) is 9.69 Å². The minimum atomic E-state index is -0.285. The number of hydrogen-bond donors (Lipinski definition) is 1. The Labute approximate surface area is 165 Å². The molecule has 5 heteroatoms. The van der Waals surface area contributed by atoms with E-state index >= 15 is 0 Å². The first-order chi connectivity index (χ1) is 13.7. The van der Waals surface area contributed by atoms with Gasteiger partial charge in [-0.25, -0.2) is 0 Å². The summed E-state index contributed by atoms with van der Waals surface area (Å²) in [6.45, 7) is 0. The first-order valence-electron chi connectivity index (χ1n) is 8.83. The average Bonchev–Trinajstić information content (AvgIpc) is 3.16. The fraction of sp³-hybridized carbons (Fsp3) is 0. The predicted molar refractivity (Wildman–Crippen MR) is 113 cm³/mol. The van der Waals surface area contributed by atoms with Gasteiger partial charge in [-0.2, -0.15) is 4.37 Å². The van der Waals surface area contributed by atoms with Gasteiger partial charge in [0.15, 0.2) is 5.78 Å². The second-order valence-corrected chi connectivity index (χ2v) is 7.31. The van der Waals surface area contributed by atoms with E-state index in [1.54, 1.807) is 12.1 Å². The van der Waals surface area contributed by atoms with Crippen LogP contribution in [0.3, 0.4) is 0 Å². The van der Waals surface area contributed by atoms with Crippen LogP contribution in [0.2, 0.25) is 0 Å². The molecule has 0 bridgehead atoms. The molecule has 1 aliphatic carbocycles. The van der Waals surface area contributed by atoms with E-state index in [0.717, 1.165) is 26.9 Å². The lowest BCUT2D eigenvalue weighted by atomic mass is 9.86. The van der Waals surface area contributed by atoms with Gasteiger partial charge in [-0.15, -0.1) is 0 Å². The van der Waals surface area contributed by atoms with Gasteiger partial charge in [-0.05, 0) is 35.3 Å². The lowest BCUT2D eigenvalue weighted by molar-refractivity contribution is -0.111. The van der Waals surface area contributed by atoms with E-state index in [1.165, 1.54) is 17.6 Å². The highest BCUT2D eigenvalue weighted by Gasteiger charge is 2.29. The number of benzene rings is 3. The van der Waals surface area contributed by atoms with Crippen LogP contribution in [0, 0.1) is 0 Å². The molecule has 1 N–H and O–H groups in total. The van der Waals surface area contributed by atoms with E-state index in [9.17, 15) is 9.59 Å². The van der Waals surface area contributed by atoms with Crippen LogP contribution in [0.1, 0.15) is 21.5 Å². The molecule has 4 nitrogen and oxygen atoms in total. The van der Waals surface area contributed by atoms with Gasteiger partial charge < -0.3 is 5.32 Å². The topological polar surface area (TPSA) is 59.1 Å². The number of carbonyl (C=O) groups excluding carboxylic acids is 2. The first-order valence-corrected chi connectivity index (χ1v) is 9.60. The number of carbonyl (C=O) groups is 2. The van der Waals surface area contributed by atoms with Crippen molar-refractivity contribution in [2.75, 3.05) is 5.32 Å². The monoisotopic (exact) mass is 382 g/mol. The van der Waals surface area contributed by atoms with Crippen molar-refractivity contribution in [1.82, 2.24) is 4.37 Å². The molecule has 134 valence electrons. The van der Waals surface area contributed by atoms with Gasteiger partial charge in [-0.3, -0.25) is 9.59 Å². The zero-order valence-corrected chi connectivity index (χ0v) is 15.5. The van der Waals surface area contributed by atoms with E-state index in [-0.39, 0.29) is 11.7 Å². The molecule has 3 aromatic carbocycles. The van der Waals surface area contributed by atoms with E-state index < -0.39 is 0 Å². The maximum atomic E-state index is 13.2. The molecule has 1 amide bonds. The van der Waals surface area contributed by atoms with Crippen LogP contribution in [0.4, 0.5) is 5.69 Å². The third-order valence-corrected chi connectivity index (χ3v) is 5.58. The number of nitrogens with zero attached hydrogens (tertiary/aromatic N) is 1. The summed E-state index contributed by atoms with van der Waals surface area (Å²) < 4.78 is 5.55. The number of ketones is 1. The molecule has 0 saturated heterocycles. The highest BCUT2D eigenvalue weighted by atomic mass is 32.1. The van der Waals surface area contributed by atoms with Crippen LogP contribution < -0.4 is 5.32 Å². The van der Waals surface area contributed by atoms with Crippen molar-refractivity contribution in [3.05, 3.63) is 89.5 Å². The minimum absolute atomic E-state index is 0.0868. The van der Waals surface area contributed by atoms with Gasteiger partial charge >= 0.3 is 0 Å². The fourth-order valence-electron chi connectivity index (χ4n) is 3.51. The molecular formula is C23H14N2O2S. The molecule has 0 saturated carbocycles. The third kappa shape index (κ3) is 2.64. The number of anilines is 1. The highest BCUT2D eigenvalue weighted by molar-refractivity contribution is 7.13. The molecule has 4 aromatic rings. The van der Waals surface area contributed by atoms with Crippen molar-refractivity contribution in [3.63, 3.8) is 0 Å². The highest BCUT2D eigenvalue weighted by Crippen LogP contribution is 2.42. The maximum Gasteiger partial charge on any atom is 0.248 e. The normalized spacial score (nSPS) is 12.4. The molecule has 1 aliphatic rings. The SMILES string of the molecule is O=C(/C=C/c1ccccc1)Nc1cccc2c1C(=O)c1cccc3snc-2c13. The summed E-state index contributed by atoms with van der Waals surface area (Å²) in [5.74, 6) is -0.372. The van der Waals surface area contributed by atoms with Gasteiger partial charge in [0, 0.05) is 22.6 Å². The second-order valence-electron chi connectivity index (χ2n) is 6.50. The number of nitrogens with one attached hydrogen (secondary N) is 1. The fourth-order valence-corrected chi connectivity index (χ4v) is 4.33. The molecule has 0 aliphatic heterocycles. The Morgan fingerprint density at radius 2 is 1.71 bits per heavy atom. The summed E-state index contributed by atoms with van der Waals surface area (Å²) in [5.41, 5.74) is 4.13. The first kappa shape index (κ1) is 16.6. The third-order valence-electron chi connectivity index (χ3n) is 4.77. The molecule has 0 unspecified atom stereocenters. The van der Waals surface area contributed by atoms with Crippen molar-refractivity contribution in [1.29, 1.82) is 0 Å². The molecule has 0 atom stereocenters. The molecule has 0 radical (unpaired) electrons. The Morgan fingerprint density at radius 1 is 0.929 bits per heavy atom. The molecule has 1 heterocycles. The van der Waals surface area contributed by atoms with Crippen molar-refractivity contribution in [3.8, 4) is 11.3 Å². The average molecular weight is 382 g/mol. The standard InChI is InChI=1S/C23H14N2O2S/c26-19(13-12-14-6-2-1-3-7-14)24-17-10-4-8-15-20(17)23(27)16-9-5-11-18-21(16)22(15)25-28-18/h1-13H,(H,24,26)/b13-12+. The zero-order chi connectivity index (χ0) is 19.1. The van der Waals surface area contributed by atoms with Gasteiger partial charge in [0.2, 0.25) is 5.91 Å². The molecular weight excluding hydrogens is 368 g/mol. The zero-order valence-electron chi connectivity index (χ0n) is 14.7. The van der Waals surface area contributed by atoms with Crippen LogP contribution in [0.25, 0.3) is 27.4 Å². The van der Waals surface area contributed by atoms with Crippen molar-refractivity contribution in [2.24, 2.45) is 0 Å². The number of amides is 1. The summed E-state index contributed by atoms with van der Waals surface area (Å²) in [7, 11) is 0. The smallest absolute Gasteiger partial charge is 0.248 e. The van der Waals surface area contributed by atoms with Crippen molar-refractivity contribution in [2.45, 2.75) is 0 Å². The largest absolute Gasteiger partial charge is 0.322 e. The number of rotatable bonds is 3. The number of hydrogen-bond acceptors (Lipinski definition) is 4. The van der Waals surface area contributed by atoms with Crippen LogP contribution >= 0.6 is 11.5 Å². The molecule has 1 aromatic heterocycles. The van der Waals surface area contributed by atoms with Gasteiger partial charge in [0.25, 0.3) is 0 Å². The number of fused-ring (bicyclic) bond motifs is 2. The lowest BCUT2D eigenvalue weighted by Crippen LogP contribution is -2.16. The van der Waals surface area contributed by atoms with Crippen LogP contribution in [0.5, 0.6) is 0 Å². The van der Waals surface area contributed by atoms with Gasteiger partial charge in [-0.1, -0.05) is 54.6 Å². The predicted octanol–water partition coefficient (Wildman–Crippen LogP) is 5.16. The minimum Gasteiger partial charge on any atom is -0.322 e. The Bertz CT molecular complexity index is 1270. The Morgan fingerprint density at radius 3 is 2.57 bits per heavy atom. The second kappa shape index (κ2) is 6.55. The van der Waals surface area contributed by atoms with Crippen LogP contribution in [-0.4, -0.2) is 16.1 Å². The van der Waals surface area contributed by atoms with E-state index in [0.29, 0.717) is 16.8 Å². The lowest BCUT2D eigenvalue weighted by Gasteiger charge is -2.18. The summed E-state index contributed by atoms with van der Waals surface area (Å²) in [4.78, 5) is 25.6. The quantitative estimate of drug-likeness (QED) is 0.439. The van der Waals surface area contributed by atoms with Gasteiger partial charge in [0.05, 0.1) is 21.6 Å². The van der Waals surface area contributed by atoms with Gasteiger partial charge in [0.1, 0.15) is 0 Å². The summed E-state index contributed by atoms with van der Waals surface area (Å²) in [5, 5.41) is 3.76. The summed E-state index contributed by atoms with van der Waals surface area (Å²) in [6, 6.07) is 20.7. The maximum absolute atomic E-state index is 13.2. The molecule has 28 heavy (non-hydrogen) atoms. The molecule has 5 rings (SSSR count). The summed E-state index contributed by atoms with van der Waals surface area (Å²) in [6.07, 6.45) is 3.21. The Hall–Kier alpha value is -3.57. The van der Waals surface area contributed by atoms with Crippen molar-refractivity contribution >= 4 is 45.1 Å². The van der Waals surface area contributed by atoms with Crippen LogP contribution in [0.15, 0.2) is 72.8 Å². The Kier molecular flexibility index (Phi) is 3.88. The Balaban J connectivity index is 1.53. The summed E-state index contributed by atoms with van der Waals surface area (Å²) >= 11 is 1.38. The van der Waals surface area contributed by atoms with E-state index in [4.69, 9.17) is 0 Å².